The maximum atomic E-state index is 12.3. The zero-order valence-electron chi connectivity index (χ0n) is 13.9. The first-order valence-corrected chi connectivity index (χ1v) is 8.28. The minimum absolute atomic E-state index is 0.0824. The molecule has 4 aromatic rings. The first-order chi connectivity index (χ1) is 12.8. The van der Waals surface area contributed by atoms with Crippen LogP contribution in [0.2, 0.25) is 0 Å². The van der Waals surface area contributed by atoms with Crippen molar-refractivity contribution in [2.45, 2.75) is 13.0 Å². The molecule has 26 heavy (non-hydrogen) atoms. The zero-order chi connectivity index (χ0) is 17.9. The molecule has 4 rings (SSSR count). The van der Waals surface area contributed by atoms with E-state index in [2.05, 4.69) is 6.07 Å². The van der Waals surface area contributed by atoms with E-state index in [-0.39, 0.29) is 19.0 Å². The first-order valence-electron chi connectivity index (χ1n) is 8.28. The highest BCUT2D eigenvalue weighted by Gasteiger charge is 2.14. The van der Waals surface area contributed by atoms with Crippen molar-refractivity contribution in [2.75, 3.05) is 0 Å². The Morgan fingerprint density at radius 3 is 2.69 bits per heavy atom. The van der Waals surface area contributed by atoms with Crippen molar-refractivity contribution in [1.29, 1.82) is 5.26 Å². The molecular formula is C22H15NO3. The van der Waals surface area contributed by atoms with Crippen molar-refractivity contribution < 1.29 is 13.9 Å². The molecule has 0 atom stereocenters. The summed E-state index contributed by atoms with van der Waals surface area (Å²) in [5, 5.41) is 12.2. The standard InChI is InChI=1S/C22H15NO3/c23-12-16-6-1-2-7-17(16)13-26-21(24)11-18-14-25-20-10-9-15-5-3-4-8-19(15)22(18)20/h1-10,14H,11,13H2. The van der Waals surface area contributed by atoms with Crippen LogP contribution < -0.4 is 0 Å². The molecule has 0 N–H and O–H groups in total. The third-order valence-electron chi connectivity index (χ3n) is 4.40. The average molecular weight is 341 g/mol. The van der Waals surface area contributed by atoms with Crippen LogP contribution in [-0.4, -0.2) is 5.97 Å². The van der Waals surface area contributed by atoms with Gasteiger partial charge in [-0.25, -0.2) is 0 Å². The van der Waals surface area contributed by atoms with Gasteiger partial charge in [-0.2, -0.15) is 5.26 Å². The zero-order valence-corrected chi connectivity index (χ0v) is 13.9. The summed E-state index contributed by atoms with van der Waals surface area (Å²) in [5.41, 5.74) is 2.77. The van der Waals surface area contributed by atoms with Crippen LogP contribution in [0.5, 0.6) is 0 Å². The SMILES string of the molecule is N#Cc1ccccc1COC(=O)Cc1coc2ccc3ccccc3c12. The van der Waals surface area contributed by atoms with E-state index in [1.807, 2.05) is 42.5 Å². The van der Waals surface area contributed by atoms with Gasteiger partial charge in [-0.1, -0.05) is 48.5 Å². The molecule has 0 amide bonds. The average Bonchev–Trinajstić information content (AvgIpc) is 3.10. The quantitative estimate of drug-likeness (QED) is 0.503. The Kier molecular flexibility index (Phi) is 4.12. The molecular weight excluding hydrogens is 326 g/mol. The van der Waals surface area contributed by atoms with Crippen LogP contribution in [0.25, 0.3) is 21.7 Å². The van der Waals surface area contributed by atoms with Crippen molar-refractivity contribution in [3.05, 3.63) is 83.6 Å². The van der Waals surface area contributed by atoms with Gasteiger partial charge in [-0.15, -0.1) is 0 Å². The lowest BCUT2D eigenvalue weighted by molar-refractivity contribution is -0.144. The second kappa shape index (κ2) is 6.73. The van der Waals surface area contributed by atoms with Gasteiger partial charge in [0.05, 0.1) is 24.3 Å². The summed E-state index contributed by atoms with van der Waals surface area (Å²) in [6.45, 7) is 0.0824. The van der Waals surface area contributed by atoms with E-state index < -0.39 is 0 Å². The number of rotatable bonds is 4. The molecule has 0 unspecified atom stereocenters. The first kappa shape index (κ1) is 15.9. The molecule has 0 bridgehead atoms. The van der Waals surface area contributed by atoms with E-state index in [0.717, 1.165) is 27.3 Å². The summed E-state index contributed by atoms with van der Waals surface area (Å²) in [5.74, 6) is -0.353. The number of ether oxygens (including phenoxy) is 1. The normalized spacial score (nSPS) is 10.7. The highest BCUT2D eigenvalue weighted by atomic mass is 16.5. The molecule has 0 saturated carbocycles. The molecule has 1 heterocycles. The predicted molar refractivity (Wildman–Crippen MR) is 98.4 cm³/mol. The maximum absolute atomic E-state index is 12.3. The van der Waals surface area contributed by atoms with Crippen molar-refractivity contribution in [3.8, 4) is 6.07 Å². The number of carbonyl (C=O) groups excluding carboxylic acids is 1. The number of nitrogens with zero attached hydrogens (tertiary/aromatic N) is 1. The number of fused-ring (bicyclic) bond motifs is 3. The number of hydrogen-bond acceptors (Lipinski definition) is 4. The molecule has 0 saturated heterocycles. The molecule has 1 aromatic heterocycles. The number of esters is 1. The fraction of sp³-hybridized carbons (Fsp3) is 0.0909. The van der Waals surface area contributed by atoms with Gasteiger partial charge in [0, 0.05) is 16.5 Å². The third-order valence-corrected chi connectivity index (χ3v) is 4.40. The summed E-state index contributed by atoms with van der Waals surface area (Å²) in [4.78, 5) is 12.3. The van der Waals surface area contributed by atoms with Crippen molar-refractivity contribution >= 4 is 27.7 Å². The monoisotopic (exact) mass is 341 g/mol. The summed E-state index contributed by atoms with van der Waals surface area (Å²) in [6, 6.07) is 21.1. The van der Waals surface area contributed by atoms with Crippen LogP contribution in [0.4, 0.5) is 0 Å². The van der Waals surface area contributed by atoms with Gasteiger partial charge in [0.15, 0.2) is 0 Å². The Labute approximate surface area is 150 Å². The molecule has 0 spiro atoms. The highest BCUT2D eigenvalue weighted by molar-refractivity contribution is 6.08. The number of nitriles is 1. The number of hydrogen-bond donors (Lipinski definition) is 0. The number of furan rings is 1. The molecule has 126 valence electrons. The number of benzene rings is 3. The van der Waals surface area contributed by atoms with Crippen LogP contribution in [-0.2, 0) is 22.6 Å². The van der Waals surface area contributed by atoms with Crippen molar-refractivity contribution in [1.82, 2.24) is 0 Å². The van der Waals surface area contributed by atoms with E-state index in [1.165, 1.54) is 0 Å². The van der Waals surface area contributed by atoms with E-state index in [4.69, 9.17) is 14.4 Å². The minimum Gasteiger partial charge on any atom is -0.464 e. The van der Waals surface area contributed by atoms with E-state index >= 15 is 0 Å². The Morgan fingerprint density at radius 2 is 1.81 bits per heavy atom. The smallest absolute Gasteiger partial charge is 0.310 e. The molecule has 4 heteroatoms. The largest absolute Gasteiger partial charge is 0.464 e. The summed E-state index contributed by atoms with van der Waals surface area (Å²) >= 11 is 0. The number of carbonyl (C=O) groups is 1. The molecule has 0 aliphatic carbocycles. The molecule has 0 radical (unpaired) electrons. The van der Waals surface area contributed by atoms with Gasteiger partial charge in [0.2, 0.25) is 0 Å². The third kappa shape index (κ3) is 2.91. The Hall–Kier alpha value is -3.58. The van der Waals surface area contributed by atoms with E-state index in [0.29, 0.717) is 11.1 Å². The molecule has 3 aromatic carbocycles. The van der Waals surface area contributed by atoms with Crippen LogP contribution in [0.3, 0.4) is 0 Å². The highest BCUT2D eigenvalue weighted by Crippen LogP contribution is 2.30. The lowest BCUT2D eigenvalue weighted by atomic mass is 10.0. The Bertz CT molecular complexity index is 1150. The fourth-order valence-electron chi connectivity index (χ4n) is 3.12. The van der Waals surface area contributed by atoms with Gasteiger partial charge in [-0.05, 0) is 22.9 Å². The molecule has 0 fully saturated rings. The second-order valence-corrected chi connectivity index (χ2v) is 6.03. The van der Waals surface area contributed by atoms with Gasteiger partial charge in [0.1, 0.15) is 12.2 Å². The lowest BCUT2D eigenvalue weighted by Gasteiger charge is -2.06. The van der Waals surface area contributed by atoms with Gasteiger partial charge < -0.3 is 9.15 Å². The van der Waals surface area contributed by atoms with Crippen molar-refractivity contribution in [3.63, 3.8) is 0 Å². The second-order valence-electron chi connectivity index (χ2n) is 6.03. The fourth-order valence-corrected chi connectivity index (χ4v) is 3.12. The van der Waals surface area contributed by atoms with Crippen LogP contribution in [0, 0.1) is 11.3 Å². The summed E-state index contributed by atoms with van der Waals surface area (Å²) < 4.78 is 11.0. The molecule has 0 aliphatic rings. The molecule has 0 aliphatic heterocycles. The Balaban J connectivity index is 1.57. The van der Waals surface area contributed by atoms with Crippen molar-refractivity contribution in [2.24, 2.45) is 0 Å². The van der Waals surface area contributed by atoms with Gasteiger partial charge >= 0.3 is 5.97 Å². The summed E-state index contributed by atoms with van der Waals surface area (Å²) in [6.07, 6.45) is 1.73. The minimum atomic E-state index is -0.353. The Morgan fingerprint density at radius 1 is 1.00 bits per heavy atom. The van der Waals surface area contributed by atoms with Crippen LogP contribution >= 0.6 is 0 Å². The predicted octanol–water partition coefficient (Wildman–Crippen LogP) is 4.74. The van der Waals surface area contributed by atoms with E-state index in [1.54, 1.807) is 24.5 Å². The lowest BCUT2D eigenvalue weighted by Crippen LogP contribution is -2.08. The van der Waals surface area contributed by atoms with E-state index in [9.17, 15) is 4.79 Å². The maximum Gasteiger partial charge on any atom is 0.310 e. The summed E-state index contributed by atoms with van der Waals surface area (Å²) in [7, 11) is 0. The molecule has 4 nitrogen and oxygen atoms in total. The van der Waals surface area contributed by atoms with Gasteiger partial charge in [-0.3, -0.25) is 4.79 Å². The van der Waals surface area contributed by atoms with Crippen LogP contribution in [0.15, 0.2) is 71.3 Å². The topological polar surface area (TPSA) is 63.2 Å². The van der Waals surface area contributed by atoms with Crippen LogP contribution in [0.1, 0.15) is 16.7 Å². The van der Waals surface area contributed by atoms with Gasteiger partial charge in [0.25, 0.3) is 0 Å².